The van der Waals surface area contributed by atoms with E-state index < -0.39 is 182 Å². The fourth-order valence-electron chi connectivity index (χ4n) is 4.07. The Balaban J connectivity index is 3.54. The van der Waals surface area contributed by atoms with E-state index in [0.29, 0.717) is 0 Å². The number of benzene rings is 2. The molecule has 0 atom stereocenters. The summed E-state index contributed by atoms with van der Waals surface area (Å²) in [7, 11) is -13.0. The van der Waals surface area contributed by atoms with Gasteiger partial charge in [-0.15, -0.1) is 0 Å². The minimum Gasteiger partial charge on any atom is -0.281 e. The largest absolute Gasteiger partial charge is 0.281 e. The molecule has 0 unspecified atom stereocenters. The molecule has 0 aromatic heterocycles. The van der Waals surface area contributed by atoms with Gasteiger partial charge in [0.25, 0.3) is 90.5 Å². The summed E-state index contributed by atoms with van der Waals surface area (Å²) >= 11 is 0. The zero-order valence-electron chi connectivity index (χ0n) is 24.7. The van der Waals surface area contributed by atoms with Gasteiger partial charge in [0.2, 0.25) is 10.2 Å². The van der Waals surface area contributed by atoms with Crippen molar-refractivity contribution in [3.63, 3.8) is 0 Å². The smallest absolute Gasteiger partial charge is 0.264 e. The number of halogens is 10. The summed E-state index contributed by atoms with van der Waals surface area (Å²) in [6.45, 7) is 0. The van der Waals surface area contributed by atoms with E-state index in [1.807, 2.05) is 0 Å². The minimum atomic E-state index is -6.26. The average molecular weight is 1260 g/mol. The van der Waals surface area contributed by atoms with Crippen molar-refractivity contribution in [2.24, 2.45) is 0 Å². The molecule has 0 radical (unpaired) electrons. The van der Waals surface area contributed by atoms with Crippen LogP contribution in [0, 0.1) is 0 Å². The summed E-state index contributed by atoms with van der Waals surface area (Å²) in [5.41, 5.74) is -5.02. The van der Waals surface area contributed by atoms with Gasteiger partial charge in [-0.25, -0.2) is 84.2 Å². The van der Waals surface area contributed by atoms with Crippen molar-refractivity contribution in [2.45, 2.75) is 49.0 Å². The number of carbonyl (C=O) groups excluding carboxylic acids is 2. The van der Waals surface area contributed by atoms with Crippen LogP contribution in [0.4, 0.5) is 0 Å². The van der Waals surface area contributed by atoms with E-state index in [4.69, 9.17) is 107 Å². The Kier molecular flexibility index (Phi) is 16.1. The molecule has 2 aromatic rings. The van der Waals surface area contributed by atoms with Gasteiger partial charge in [0.1, 0.15) is 49.0 Å². The first-order valence-corrected chi connectivity index (χ1v) is 36.6. The van der Waals surface area contributed by atoms with Gasteiger partial charge < -0.3 is 0 Å². The third kappa shape index (κ3) is 12.0. The highest BCUT2D eigenvalue weighted by Gasteiger charge is 2.50. The zero-order valence-corrected chi connectivity index (χ0v) is 42.0. The van der Waals surface area contributed by atoms with E-state index in [1.54, 1.807) is 0 Å². The van der Waals surface area contributed by atoms with E-state index in [0.717, 1.165) is 0 Å². The number of carbonyl (C=O) groups is 2. The molecular weight excluding hydrogens is 1260 g/mol. The van der Waals surface area contributed by atoms with Crippen LogP contribution in [-0.2, 0) is 90.5 Å². The molecule has 0 bridgehead atoms. The molecule has 0 aliphatic carbocycles. The summed E-state index contributed by atoms with van der Waals surface area (Å²) in [5.74, 6) is 0. The van der Waals surface area contributed by atoms with Crippen molar-refractivity contribution in [3.05, 3.63) is 11.1 Å². The lowest BCUT2D eigenvalue weighted by Crippen LogP contribution is -2.22. The Bertz CT molecular complexity index is 3020. The molecule has 0 aliphatic rings. The SMILES string of the molecule is O=C(SSC(=O)c1c(S(=O)(=O)Cl)c(S(=O)(=O)Cl)c(S(=O)(=O)Cl)c(S(=O)(=O)Cl)c1S(=O)(=O)Cl)c1c(S(=O)(=O)Cl)c(S(=O)(=O)Cl)c(S(=O)(=O)Cl)c(S(=O)(=O)Cl)c1S(=O)(=O)Cl. The van der Waals surface area contributed by atoms with Crippen LogP contribution in [0.5, 0.6) is 0 Å². The molecule has 22 nitrogen and oxygen atoms in total. The Hall–Kier alpha value is 0.880. The predicted molar refractivity (Wildman–Crippen MR) is 207 cm³/mol. The minimum absolute atomic E-state index is 1.14. The third-order valence-electron chi connectivity index (χ3n) is 5.60. The van der Waals surface area contributed by atoms with Gasteiger partial charge in [0, 0.05) is 107 Å². The van der Waals surface area contributed by atoms with Crippen molar-refractivity contribution in [1.82, 2.24) is 0 Å². The van der Waals surface area contributed by atoms with Gasteiger partial charge in [-0.3, -0.25) is 9.59 Å². The summed E-state index contributed by atoms with van der Waals surface area (Å²) in [5, 5.41) is -5.22. The Morgan fingerprint density at radius 2 is 0.345 bits per heavy atom. The summed E-state index contributed by atoms with van der Waals surface area (Å²) in [6.07, 6.45) is 0. The van der Waals surface area contributed by atoms with E-state index in [2.05, 4.69) is 0 Å². The highest BCUT2D eigenvalue weighted by atomic mass is 35.7. The van der Waals surface area contributed by atoms with Gasteiger partial charge in [-0.05, 0) is 21.6 Å². The van der Waals surface area contributed by atoms with Crippen LogP contribution in [0.2, 0.25) is 0 Å². The van der Waals surface area contributed by atoms with Crippen LogP contribution < -0.4 is 0 Å². The third-order valence-corrected chi connectivity index (χ3v) is 22.2. The predicted octanol–water partition coefficient (Wildman–Crippen LogP) is 3.32. The molecule has 58 heavy (non-hydrogen) atoms. The highest BCUT2D eigenvalue weighted by molar-refractivity contribution is 8.87. The molecule has 0 aliphatic heterocycles. The maximum atomic E-state index is 13.7. The molecule has 330 valence electrons. The van der Waals surface area contributed by atoms with E-state index in [1.165, 1.54) is 0 Å². The molecule has 0 heterocycles. The molecule has 44 heteroatoms. The van der Waals surface area contributed by atoms with Crippen LogP contribution >= 0.6 is 128 Å². The molecule has 2 aromatic carbocycles. The second kappa shape index (κ2) is 17.0. The van der Waals surface area contributed by atoms with Crippen molar-refractivity contribution < 1.29 is 93.8 Å². The fourth-order valence-corrected chi connectivity index (χ4v) is 25.5. The van der Waals surface area contributed by atoms with Crippen molar-refractivity contribution >= 4 is 229 Å². The average Bonchev–Trinajstić information content (AvgIpc) is 2.91. The molecule has 0 amide bonds. The summed E-state index contributed by atoms with van der Waals surface area (Å²) < 4.78 is 253. The highest BCUT2D eigenvalue weighted by Crippen LogP contribution is 2.51. The van der Waals surface area contributed by atoms with Crippen LogP contribution in [0.1, 0.15) is 20.7 Å². The first kappa shape index (κ1) is 55.0. The Labute approximate surface area is 378 Å². The summed E-state index contributed by atoms with van der Waals surface area (Å²) in [6, 6.07) is 0. The molecule has 0 fully saturated rings. The number of hydrogen-bond acceptors (Lipinski definition) is 24. The van der Waals surface area contributed by atoms with Crippen LogP contribution in [-0.4, -0.2) is 94.4 Å². The number of hydrogen-bond donors (Lipinski definition) is 0. The van der Waals surface area contributed by atoms with Crippen molar-refractivity contribution in [1.29, 1.82) is 0 Å². The molecular formula is C14Cl10O22S12. The lowest BCUT2D eigenvalue weighted by atomic mass is 10.2. The molecule has 0 N–H and O–H groups in total. The monoisotopic (exact) mass is 1250 g/mol. The van der Waals surface area contributed by atoms with E-state index in [9.17, 15) is 93.8 Å². The van der Waals surface area contributed by atoms with E-state index in [-0.39, 0.29) is 0 Å². The molecule has 0 spiro atoms. The molecule has 0 saturated carbocycles. The second-order valence-electron chi connectivity index (χ2n) is 9.16. The van der Waals surface area contributed by atoms with Gasteiger partial charge in [-0.2, -0.15) is 0 Å². The lowest BCUT2D eigenvalue weighted by molar-refractivity contribution is 0.107. The van der Waals surface area contributed by atoms with Crippen molar-refractivity contribution in [2.75, 3.05) is 0 Å². The lowest BCUT2D eigenvalue weighted by Gasteiger charge is -2.20. The van der Waals surface area contributed by atoms with Crippen molar-refractivity contribution in [3.8, 4) is 0 Å². The first-order valence-electron chi connectivity index (χ1n) is 11.4. The maximum absolute atomic E-state index is 13.7. The fraction of sp³-hybridized carbons (Fsp3) is 0. The number of rotatable bonds is 12. The zero-order chi connectivity index (χ0) is 46.5. The topological polar surface area (TPSA) is 376 Å². The summed E-state index contributed by atoms with van der Waals surface area (Å²) in [4.78, 5) is 1.12. The second-order valence-corrected chi connectivity index (χ2v) is 36.3. The first-order chi connectivity index (χ1) is 25.0. The maximum Gasteiger partial charge on any atom is 0.264 e. The van der Waals surface area contributed by atoms with Crippen LogP contribution in [0.15, 0.2) is 49.0 Å². The van der Waals surface area contributed by atoms with E-state index >= 15 is 0 Å². The van der Waals surface area contributed by atoms with Crippen LogP contribution in [0.25, 0.3) is 0 Å². The van der Waals surface area contributed by atoms with Crippen LogP contribution in [0.3, 0.4) is 0 Å². The normalized spacial score (nSPS) is 14.3. The quantitative estimate of drug-likeness (QED) is 0.217. The molecule has 0 saturated heterocycles. The molecule has 2 rings (SSSR count). The Morgan fingerprint density at radius 3 is 0.448 bits per heavy atom. The Morgan fingerprint density at radius 1 is 0.241 bits per heavy atom. The van der Waals surface area contributed by atoms with Gasteiger partial charge in [0.05, 0.1) is 11.1 Å². The van der Waals surface area contributed by atoms with Gasteiger partial charge in [-0.1, -0.05) is 0 Å². The van der Waals surface area contributed by atoms with Gasteiger partial charge in [0.15, 0.2) is 0 Å². The standard InChI is InChI=1S/C14Cl10O22S12/c15-49(27,28)3-1(4(50(16,29)30)8(54(20,37)38)11(57(23,43)44)7(3)53(19,35)36)13(25)47-48-14(26)2-5(51(17,31)32)9(55(21,39)40)12(58(24,45)46)10(56(22,41)42)6(2)52(18,33)34. The van der Waals surface area contributed by atoms with Gasteiger partial charge >= 0.3 is 0 Å².